The number of carbonyl (C=O) groups excluding carboxylic acids is 1. The van der Waals surface area contributed by atoms with Crippen LogP contribution in [0.3, 0.4) is 0 Å². The van der Waals surface area contributed by atoms with Gasteiger partial charge >= 0.3 is 0 Å². The molecular weight excluding hydrogens is 460 g/mol. The van der Waals surface area contributed by atoms with E-state index < -0.39 is 5.91 Å². The number of nitrogens with one attached hydrogen (secondary N) is 1. The lowest BCUT2D eigenvalue weighted by Crippen LogP contribution is -2.24. The molecule has 0 fully saturated rings. The first-order valence-corrected chi connectivity index (χ1v) is 8.49. The monoisotopic (exact) mass is 472 g/mol. The zero-order valence-corrected chi connectivity index (χ0v) is 16.2. The number of rotatable bonds is 6. The van der Waals surface area contributed by atoms with Crippen LogP contribution in [-0.2, 0) is 4.79 Å². The van der Waals surface area contributed by atoms with Crippen molar-refractivity contribution in [3.8, 4) is 23.0 Å². The van der Waals surface area contributed by atoms with Crippen molar-refractivity contribution in [3.63, 3.8) is 0 Å². The number of benzene rings is 2. The van der Waals surface area contributed by atoms with Gasteiger partial charge in [0.15, 0.2) is 18.1 Å². The van der Waals surface area contributed by atoms with Gasteiger partial charge in [0.25, 0.3) is 5.91 Å². The third-order valence-electron chi connectivity index (χ3n) is 2.97. The lowest BCUT2D eigenvalue weighted by atomic mass is 10.2. The second kappa shape index (κ2) is 8.72. The fourth-order valence-electron chi connectivity index (χ4n) is 1.78. The quantitative estimate of drug-likeness (QED) is 0.442. The van der Waals surface area contributed by atoms with Crippen molar-refractivity contribution in [3.05, 3.63) is 44.8 Å². The molecule has 2 aromatic rings. The van der Waals surface area contributed by atoms with Crippen molar-refractivity contribution in [2.75, 3.05) is 13.7 Å². The van der Waals surface area contributed by atoms with Crippen molar-refractivity contribution < 1.29 is 24.5 Å². The molecular formula is C16H14Br2N2O5. The molecule has 0 radical (unpaired) electrons. The predicted molar refractivity (Wildman–Crippen MR) is 99.4 cm³/mol. The van der Waals surface area contributed by atoms with Crippen LogP contribution in [0.5, 0.6) is 23.0 Å². The van der Waals surface area contributed by atoms with E-state index in [0.717, 1.165) is 10.5 Å². The number of nitrogens with zero attached hydrogens (tertiary/aromatic N) is 1. The van der Waals surface area contributed by atoms with Gasteiger partial charge < -0.3 is 19.7 Å². The van der Waals surface area contributed by atoms with Crippen LogP contribution < -0.4 is 14.9 Å². The van der Waals surface area contributed by atoms with Gasteiger partial charge in [0.1, 0.15) is 11.5 Å². The third kappa shape index (κ3) is 5.36. The van der Waals surface area contributed by atoms with Gasteiger partial charge in [-0.05, 0) is 40.2 Å². The Kier molecular flexibility index (Phi) is 6.65. The van der Waals surface area contributed by atoms with Crippen molar-refractivity contribution >= 4 is 44.0 Å². The Balaban J connectivity index is 1.92. The van der Waals surface area contributed by atoms with E-state index >= 15 is 0 Å². The van der Waals surface area contributed by atoms with E-state index in [4.69, 9.17) is 9.47 Å². The molecule has 0 aliphatic heterocycles. The molecule has 0 bridgehead atoms. The second-order valence-electron chi connectivity index (χ2n) is 4.74. The molecule has 0 aliphatic carbocycles. The number of halogens is 2. The van der Waals surface area contributed by atoms with Gasteiger partial charge in [0.05, 0.1) is 17.8 Å². The number of phenolic OH excluding ortho intramolecular Hbond substituents is 2. The van der Waals surface area contributed by atoms with Crippen LogP contribution in [0.25, 0.3) is 0 Å². The molecule has 9 heteroatoms. The Bertz CT molecular complexity index is 811. The van der Waals surface area contributed by atoms with E-state index in [1.807, 2.05) is 0 Å². The Morgan fingerprint density at radius 3 is 2.68 bits per heavy atom. The Morgan fingerprint density at radius 2 is 1.96 bits per heavy atom. The molecule has 25 heavy (non-hydrogen) atoms. The Labute approximate surface area is 160 Å². The highest BCUT2D eigenvalue weighted by Crippen LogP contribution is 2.31. The lowest BCUT2D eigenvalue weighted by molar-refractivity contribution is -0.123. The molecule has 0 heterocycles. The smallest absolute Gasteiger partial charge is 0.277 e. The molecule has 2 rings (SSSR count). The summed E-state index contributed by atoms with van der Waals surface area (Å²) in [6.45, 7) is -0.263. The lowest BCUT2D eigenvalue weighted by Gasteiger charge is -2.10. The van der Waals surface area contributed by atoms with E-state index in [1.54, 1.807) is 18.2 Å². The second-order valence-corrected chi connectivity index (χ2v) is 6.51. The SMILES string of the molecule is COc1cc(Br)ccc1OCC(=O)N/N=C\c1cc(Br)c(O)cc1O. The molecule has 0 atom stereocenters. The zero-order valence-electron chi connectivity index (χ0n) is 13.0. The highest BCUT2D eigenvalue weighted by atomic mass is 79.9. The minimum atomic E-state index is -0.487. The number of hydrogen-bond acceptors (Lipinski definition) is 6. The summed E-state index contributed by atoms with van der Waals surface area (Å²) in [5.41, 5.74) is 2.60. The average Bonchev–Trinajstić information content (AvgIpc) is 2.58. The van der Waals surface area contributed by atoms with Gasteiger partial charge in [-0.1, -0.05) is 15.9 Å². The molecule has 2 aromatic carbocycles. The number of amides is 1. The number of ether oxygens (including phenoxy) is 2. The summed E-state index contributed by atoms with van der Waals surface area (Å²) in [4.78, 5) is 11.8. The molecule has 3 N–H and O–H groups in total. The first-order valence-electron chi connectivity index (χ1n) is 6.90. The van der Waals surface area contributed by atoms with E-state index in [-0.39, 0.29) is 18.1 Å². The third-order valence-corrected chi connectivity index (χ3v) is 4.10. The van der Waals surface area contributed by atoms with Gasteiger partial charge in [-0.2, -0.15) is 5.10 Å². The van der Waals surface area contributed by atoms with Crippen molar-refractivity contribution in [1.29, 1.82) is 0 Å². The van der Waals surface area contributed by atoms with E-state index in [9.17, 15) is 15.0 Å². The Morgan fingerprint density at radius 1 is 1.20 bits per heavy atom. The summed E-state index contributed by atoms with van der Waals surface area (Å²) in [5.74, 6) is 0.151. The van der Waals surface area contributed by atoms with Crippen LogP contribution in [0.15, 0.2) is 44.4 Å². The number of hydrogen-bond donors (Lipinski definition) is 3. The van der Waals surface area contributed by atoms with Gasteiger partial charge in [-0.3, -0.25) is 4.79 Å². The predicted octanol–water partition coefficient (Wildman–Crippen LogP) is 3.16. The van der Waals surface area contributed by atoms with Crippen LogP contribution in [0.4, 0.5) is 0 Å². The van der Waals surface area contributed by atoms with Crippen LogP contribution in [0, 0.1) is 0 Å². The number of hydrazone groups is 1. The average molecular weight is 474 g/mol. The zero-order chi connectivity index (χ0) is 18.4. The highest BCUT2D eigenvalue weighted by Gasteiger charge is 2.08. The van der Waals surface area contributed by atoms with E-state index in [2.05, 4.69) is 42.4 Å². The highest BCUT2D eigenvalue weighted by molar-refractivity contribution is 9.10. The van der Waals surface area contributed by atoms with Crippen LogP contribution in [0.1, 0.15) is 5.56 Å². The van der Waals surface area contributed by atoms with Crippen molar-refractivity contribution in [1.82, 2.24) is 5.43 Å². The van der Waals surface area contributed by atoms with Gasteiger partial charge in [0.2, 0.25) is 0 Å². The first kappa shape index (κ1) is 19.1. The standard InChI is InChI=1S/C16H14Br2N2O5/c1-24-15-5-10(17)2-3-14(15)25-8-16(23)20-19-7-9-4-11(18)13(22)6-12(9)21/h2-7,21-22H,8H2,1H3,(H,20,23)/b19-7-. The van der Waals surface area contributed by atoms with E-state index in [0.29, 0.717) is 21.5 Å². The molecule has 0 unspecified atom stereocenters. The van der Waals surface area contributed by atoms with Crippen LogP contribution in [-0.4, -0.2) is 36.1 Å². The molecule has 0 saturated heterocycles. The van der Waals surface area contributed by atoms with Gasteiger partial charge in [0, 0.05) is 16.1 Å². The molecule has 0 saturated carbocycles. The largest absolute Gasteiger partial charge is 0.507 e. The van der Waals surface area contributed by atoms with Gasteiger partial charge in [-0.25, -0.2) is 5.43 Å². The molecule has 0 aromatic heterocycles. The maximum atomic E-state index is 11.8. The maximum absolute atomic E-state index is 11.8. The summed E-state index contributed by atoms with van der Waals surface area (Å²) in [6.07, 6.45) is 1.25. The molecule has 1 amide bonds. The molecule has 0 aliphatic rings. The summed E-state index contributed by atoms with van der Waals surface area (Å²) in [6, 6.07) is 7.78. The van der Waals surface area contributed by atoms with Crippen molar-refractivity contribution in [2.45, 2.75) is 0 Å². The summed E-state index contributed by atoms with van der Waals surface area (Å²) >= 11 is 6.44. The number of aromatic hydroxyl groups is 2. The number of carbonyl (C=O) groups is 1. The summed E-state index contributed by atoms with van der Waals surface area (Å²) in [5, 5.41) is 22.8. The molecule has 132 valence electrons. The minimum Gasteiger partial charge on any atom is -0.507 e. The van der Waals surface area contributed by atoms with Gasteiger partial charge in [-0.15, -0.1) is 0 Å². The van der Waals surface area contributed by atoms with Crippen molar-refractivity contribution in [2.24, 2.45) is 5.10 Å². The Hall–Kier alpha value is -2.26. The van der Waals surface area contributed by atoms with Crippen LogP contribution in [0.2, 0.25) is 0 Å². The van der Waals surface area contributed by atoms with Crippen LogP contribution >= 0.6 is 31.9 Å². The fraction of sp³-hybridized carbons (Fsp3) is 0.125. The minimum absolute atomic E-state index is 0.101. The summed E-state index contributed by atoms with van der Waals surface area (Å²) < 4.78 is 11.8. The van der Waals surface area contributed by atoms with E-state index in [1.165, 1.54) is 19.4 Å². The first-order chi connectivity index (χ1) is 11.9. The molecule has 0 spiro atoms. The number of methoxy groups -OCH3 is 1. The molecule has 7 nitrogen and oxygen atoms in total. The fourth-order valence-corrected chi connectivity index (χ4v) is 2.48. The topological polar surface area (TPSA) is 100 Å². The normalized spacial score (nSPS) is 10.7. The number of phenols is 2. The maximum Gasteiger partial charge on any atom is 0.277 e. The summed E-state index contributed by atoms with van der Waals surface area (Å²) in [7, 11) is 1.50.